The van der Waals surface area contributed by atoms with Crippen molar-refractivity contribution in [1.29, 1.82) is 0 Å². The van der Waals surface area contributed by atoms with Gasteiger partial charge < -0.3 is 9.84 Å². The predicted molar refractivity (Wildman–Crippen MR) is 119 cm³/mol. The molecule has 0 aromatic heterocycles. The molecule has 0 aliphatic carbocycles. The molecule has 154 valence electrons. The van der Waals surface area contributed by atoms with Gasteiger partial charge in [-0.3, -0.25) is 4.79 Å². The van der Waals surface area contributed by atoms with Crippen LogP contribution in [0.25, 0.3) is 6.08 Å². The van der Waals surface area contributed by atoms with Crippen LogP contribution in [-0.2, 0) is 11.4 Å². The maximum absolute atomic E-state index is 13.0. The Bertz CT molecular complexity index is 1200. The SMILES string of the molecule is CC1=NN(c2cccc(C(=O)O)c2)C(=O)/C1=C/c1ccccc1OCc1ccccc1. The van der Waals surface area contributed by atoms with Gasteiger partial charge in [-0.05, 0) is 42.8 Å². The molecule has 0 saturated carbocycles. The number of hydrazone groups is 1. The van der Waals surface area contributed by atoms with Crippen molar-refractivity contribution >= 4 is 29.4 Å². The Morgan fingerprint density at radius 3 is 2.55 bits per heavy atom. The second-order valence-corrected chi connectivity index (χ2v) is 7.03. The normalized spacial score (nSPS) is 14.6. The molecule has 0 fully saturated rings. The molecule has 1 N–H and O–H groups in total. The van der Waals surface area contributed by atoms with E-state index >= 15 is 0 Å². The van der Waals surface area contributed by atoms with E-state index in [2.05, 4.69) is 5.10 Å². The summed E-state index contributed by atoms with van der Waals surface area (Å²) in [5.41, 5.74) is 3.28. The Balaban J connectivity index is 1.60. The molecule has 1 aliphatic heterocycles. The minimum absolute atomic E-state index is 0.0928. The van der Waals surface area contributed by atoms with Crippen LogP contribution in [0.2, 0.25) is 0 Å². The molecule has 6 nitrogen and oxygen atoms in total. The van der Waals surface area contributed by atoms with Crippen LogP contribution >= 0.6 is 0 Å². The van der Waals surface area contributed by atoms with Crippen molar-refractivity contribution in [2.45, 2.75) is 13.5 Å². The summed E-state index contributed by atoms with van der Waals surface area (Å²) in [4.78, 5) is 24.3. The Labute approximate surface area is 179 Å². The highest BCUT2D eigenvalue weighted by Crippen LogP contribution is 2.28. The largest absolute Gasteiger partial charge is 0.488 e. The number of hydrogen-bond donors (Lipinski definition) is 1. The van der Waals surface area contributed by atoms with Crippen LogP contribution in [0.5, 0.6) is 5.75 Å². The van der Waals surface area contributed by atoms with Gasteiger partial charge in [-0.2, -0.15) is 10.1 Å². The van der Waals surface area contributed by atoms with Gasteiger partial charge in [0.25, 0.3) is 5.91 Å². The molecule has 0 spiro atoms. The number of hydrogen-bond acceptors (Lipinski definition) is 4. The number of para-hydroxylation sites is 1. The number of nitrogens with zero attached hydrogens (tertiary/aromatic N) is 2. The van der Waals surface area contributed by atoms with Gasteiger partial charge in [0.05, 0.1) is 22.5 Å². The maximum Gasteiger partial charge on any atom is 0.335 e. The smallest absolute Gasteiger partial charge is 0.335 e. The number of carboxylic acids is 1. The Morgan fingerprint density at radius 1 is 1.03 bits per heavy atom. The highest BCUT2D eigenvalue weighted by atomic mass is 16.5. The zero-order valence-electron chi connectivity index (χ0n) is 16.9. The summed E-state index contributed by atoms with van der Waals surface area (Å²) in [7, 11) is 0. The summed E-state index contributed by atoms with van der Waals surface area (Å²) >= 11 is 0. The summed E-state index contributed by atoms with van der Waals surface area (Å²) in [6.07, 6.45) is 1.75. The molecule has 31 heavy (non-hydrogen) atoms. The standard InChI is InChI=1S/C25H20N2O4/c1-17-22(24(28)27(26-17)21-12-7-11-20(14-21)25(29)30)15-19-10-5-6-13-23(19)31-16-18-8-3-2-4-9-18/h2-15H,16H2,1H3,(H,29,30)/b22-15+. The van der Waals surface area contributed by atoms with Crippen molar-refractivity contribution in [1.82, 2.24) is 0 Å². The van der Waals surface area contributed by atoms with E-state index in [-0.39, 0.29) is 11.5 Å². The average Bonchev–Trinajstić information content (AvgIpc) is 3.07. The lowest BCUT2D eigenvalue weighted by Crippen LogP contribution is -2.21. The van der Waals surface area contributed by atoms with E-state index in [1.165, 1.54) is 17.1 Å². The molecule has 1 heterocycles. The number of benzene rings is 3. The minimum atomic E-state index is -1.06. The van der Waals surface area contributed by atoms with Gasteiger partial charge in [-0.15, -0.1) is 0 Å². The molecule has 0 atom stereocenters. The number of ether oxygens (including phenoxy) is 1. The molecule has 0 bridgehead atoms. The molecule has 3 aromatic rings. The van der Waals surface area contributed by atoms with Crippen LogP contribution in [0.4, 0.5) is 5.69 Å². The molecular formula is C25H20N2O4. The summed E-state index contributed by atoms with van der Waals surface area (Å²) in [6, 6.07) is 23.5. The second-order valence-electron chi connectivity index (χ2n) is 7.03. The molecule has 0 radical (unpaired) electrons. The topological polar surface area (TPSA) is 79.2 Å². The van der Waals surface area contributed by atoms with Crippen LogP contribution in [0, 0.1) is 0 Å². The van der Waals surface area contributed by atoms with Crippen LogP contribution < -0.4 is 9.75 Å². The van der Waals surface area contributed by atoms with Gasteiger partial charge in [-0.1, -0.05) is 54.6 Å². The molecule has 0 saturated heterocycles. The number of carboxylic acid groups (broad SMARTS) is 1. The van der Waals surface area contributed by atoms with Gasteiger partial charge in [-0.25, -0.2) is 4.79 Å². The van der Waals surface area contributed by atoms with E-state index in [9.17, 15) is 14.7 Å². The fourth-order valence-electron chi connectivity index (χ4n) is 3.25. The monoisotopic (exact) mass is 412 g/mol. The molecule has 1 aliphatic rings. The third-order valence-corrected chi connectivity index (χ3v) is 4.86. The van der Waals surface area contributed by atoms with Gasteiger partial charge in [0.15, 0.2) is 0 Å². The molecule has 1 amide bonds. The third kappa shape index (κ3) is 4.38. The predicted octanol–water partition coefficient (Wildman–Crippen LogP) is 4.77. The highest BCUT2D eigenvalue weighted by Gasteiger charge is 2.29. The Kier molecular flexibility index (Phi) is 5.62. The number of anilines is 1. The summed E-state index contributed by atoms with van der Waals surface area (Å²) < 4.78 is 5.98. The van der Waals surface area contributed by atoms with Gasteiger partial charge in [0.2, 0.25) is 0 Å². The Hall–Kier alpha value is -4.19. The van der Waals surface area contributed by atoms with E-state index < -0.39 is 5.97 Å². The highest BCUT2D eigenvalue weighted by molar-refractivity contribution is 6.32. The molecular weight excluding hydrogens is 392 g/mol. The van der Waals surface area contributed by atoms with E-state index in [1.807, 2.05) is 54.6 Å². The number of aromatic carboxylic acids is 1. The van der Waals surface area contributed by atoms with Crippen LogP contribution in [0.1, 0.15) is 28.4 Å². The lowest BCUT2D eigenvalue weighted by Gasteiger charge is -2.12. The maximum atomic E-state index is 13.0. The first-order chi connectivity index (χ1) is 15.0. The summed E-state index contributed by atoms with van der Waals surface area (Å²) in [6.45, 7) is 2.16. The quantitative estimate of drug-likeness (QED) is 0.592. The number of rotatable bonds is 6. The average molecular weight is 412 g/mol. The lowest BCUT2D eigenvalue weighted by molar-refractivity contribution is -0.114. The van der Waals surface area contributed by atoms with Gasteiger partial charge >= 0.3 is 5.97 Å². The zero-order chi connectivity index (χ0) is 21.8. The number of amides is 1. The van der Waals surface area contributed by atoms with E-state index in [4.69, 9.17) is 4.74 Å². The molecule has 6 heteroatoms. The molecule has 0 unspecified atom stereocenters. The Morgan fingerprint density at radius 2 is 1.77 bits per heavy atom. The first kappa shape index (κ1) is 20.1. The van der Waals surface area contributed by atoms with Crippen LogP contribution in [0.15, 0.2) is 89.5 Å². The first-order valence-electron chi connectivity index (χ1n) is 9.74. The minimum Gasteiger partial charge on any atom is -0.488 e. The first-order valence-corrected chi connectivity index (χ1v) is 9.74. The molecule has 4 rings (SSSR count). The fourth-order valence-corrected chi connectivity index (χ4v) is 3.25. The van der Waals surface area contributed by atoms with Gasteiger partial charge in [0.1, 0.15) is 12.4 Å². The van der Waals surface area contributed by atoms with Gasteiger partial charge in [0, 0.05) is 5.56 Å². The summed E-state index contributed by atoms with van der Waals surface area (Å²) in [5.74, 6) is -0.724. The van der Waals surface area contributed by atoms with Crippen molar-refractivity contribution in [3.63, 3.8) is 0 Å². The van der Waals surface area contributed by atoms with E-state index in [0.717, 1.165) is 11.1 Å². The fraction of sp³-hybridized carbons (Fsp3) is 0.0800. The zero-order valence-corrected chi connectivity index (χ0v) is 16.9. The van der Waals surface area contributed by atoms with Crippen LogP contribution in [0.3, 0.4) is 0 Å². The number of carbonyl (C=O) groups excluding carboxylic acids is 1. The van der Waals surface area contributed by atoms with Crippen LogP contribution in [-0.4, -0.2) is 22.7 Å². The third-order valence-electron chi connectivity index (χ3n) is 4.86. The molecule has 3 aromatic carbocycles. The summed E-state index contributed by atoms with van der Waals surface area (Å²) in [5, 5.41) is 14.8. The van der Waals surface area contributed by atoms with Crippen molar-refractivity contribution in [3.05, 3.63) is 101 Å². The number of carbonyl (C=O) groups is 2. The lowest BCUT2D eigenvalue weighted by atomic mass is 10.1. The van der Waals surface area contributed by atoms with Crippen molar-refractivity contribution < 1.29 is 19.4 Å². The van der Waals surface area contributed by atoms with E-state index in [1.54, 1.807) is 25.1 Å². The van der Waals surface area contributed by atoms with Crippen molar-refractivity contribution in [2.75, 3.05) is 5.01 Å². The van der Waals surface area contributed by atoms with Crippen molar-refractivity contribution in [3.8, 4) is 5.75 Å². The second kappa shape index (κ2) is 8.67. The van der Waals surface area contributed by atoms with E-state index in [0.29, 0.717) is 29.3 Å². The van der Waals surface area contributed by atoms with Crippen molar-refractivity contribution in [2.24, 2.45) is 5.10 Å².